The molecule has 0 aromatic heterocycles. The van der Waals surface area contributed by atoms with Gasteiger partial charge in [-0.25, -0.2) is 0 Å². The third-order valence-electron chi connectivity index (χ3n) is 4.31. The molecule has 4 heteroatoms. The van der Waals surface area contributed by atoms with Crippen molar-refractivity contribution >= 4 is 5.91 Å². The Morgan fingerprint density at radius 1 is 1.38 bits per heavy atom. The summed E-state index contributed by atoms with van der Waals surface area (Å²) in [6.07, 6.45) is 1.00. The molecule has 2 rings (SSSR count). The number of hydrogen-bond acceptors (Lipinski definition) is 3. The van der Waals surface area contributed by atoms with E-state index in [1.807, 2.05) is 35.2 Å². The maximum Gasteiger partial charge on any atom is 0.244 e. The third-order valence-corrected chi connectivity index (χ3v) is 4.31. The predicted molar refractivity (Wildman–Crippen MR) is 82.7 cm³/mol. The first-order chi connectivity index (χ1) is 10.2. The van der Waals surface area contributed by atoms with Crippen LogP contribution in [0.25, 0.3) is 0 Å². The Morgan fingerprint density at radius 2 is 2.05 bits per heavy atom. The highest BCUT2D eigenvalue weighted by molar-refractivity contribution is 5.86. The largest absolute Gasteiger partial charge is 0.340 e. The second-order valence-corrected chi connectivity index (χ2v) is 5.42. The molecule has 0 bridgehead atoms. The molecule has 1 fully saturated rings. The van der Waals surface area contributed by atoms with Crippen molar-refractivity contribution in [3.8, 4) is 6.07 Å². The summed E-state index contributed by atoms with van der Waals surface area (Å²) < 4.78 is 0. The van der Waals surface area contributed by atoms with Gasteiger partial charge in [0.25, 0.3) is 0 Å². The van der Waals surface area contributed by atoms with Gasteiger partial charge in [-0.05, 0) is 25.1 Å². The van der Waals surface area contributed by atoms with Gasteiger partial charge in [-0.15, -0.1) is 0 Å². The van der Waals surface area contributed by atoms with E-state index in [0.717, 1.165) is 38.2 Å². The van der Waals surface area contributed by atoms with Gasteiger partial charge in [-0.3, -0.25) is 9.69 Å². The van der Waals surface area contributed by atoms with E-state index in [1.54, 1.807) is 0 Å². The van der Waals surface area contributed by atoms with Crippen molar-refractivity contribution in [2.45, 2.75) is 32.2 Å². The quantitative estimate of drug-likeness (QED) is 0.833. The van der Waals surface area contributed by atoms with Crippen LogP contribution in [-0.4, -0.2) is 47.9 Å². The first-order valence-corrected chi connectivity index (χ1v) is 7.68. The molecule has 1 aliphatic heterocycles. The average Bonchev–Trinajstić information content (AvgIpc) is 3.00. The number of carbonyl (C=O) groups excluding carboxylic acids is 1. The summed E-state index contributed by atoms with van der Waals surface area (Å²) in [4.78, 5) is 16.8. The van der Waals surface area contributed by atoms with Gasteiger partial charge in [0.2, 0.25) is 5.91 Å². The van der Waals surface area contributed by atoms with Crippen LogP contribution in [0.5, 0.6) is 0 Å². The molecule has 112 valence electrons. The number of amides is 1. The van der Waals surface area contributed by atoms with Crippen LogP contribution in [0.1, 0.15) is 31.7 Å². The zero-order valence-electron chi connectivity index (χ0n) is 12.8. The lowest BCUT2D eigenvalue weighted by molar-refractivity contribution is -0.130. The Labute approximate surface area is 127 Å². The minimum absolute atomic E-state index is 0.0571. The van der Waals surface area contributed by atoms with Crippen molar-refractivity contribution in [1.29, 1.82) is 5.26 Å². The molecule has 1 heterocycles. The molecule has 1 aromatic carbocycles. The minimum Gasteiger partial charge on any atom is -0.340 e. The summed E-state index contributed by atoms with van der Waals surface area (Å²) in [5.74, 6) is -0.736. The van der Waals surface area contributed by atoms with Crippen LogP contribution in [0.4, 0.5) is 0 Å². The molecule has 0 saturated carbocycles. The van der Waals surface area contributed by atoms with Crippen molar-refractivity contribution in [2.75, 3.05) is 26.2 Å². The molecule has 0 radical (unpaired) electrons. The Bertz CT molecular complexity index is 505. The summed E-state index contributed by atoms with van der Waals surface area (Å²) >= 11 is 0. The highest BCUT2D eigenvalue weighted by Crippen LogP contribution is 2.22. The van der Waals surface area contributed by atoms with Crippen LogP contribution in [0.3, 0.4) is 0 Å². The fourth-order valence-electron chi connectivity index (χ4n) is 3.08. The third kappa shape index (κ3) is 3.43. The summed E-state index contributed by atoms with van der Waals surface area (Å²) in [5.41, 5.74) is 0.788. The first-order valence-electron chi connectivity index (χ1n) is 7.68. The van der Waals surface area contributed by atoms with Gasteiger partial charge in [-0.1, -0.05) is 44.2 Å². The lowest BCUT2D eigenvalue weighted by atomic mass is 9.99. The number of nitriles is 1. The second-order valence-electron chi connectivity index (χ2n) is 5.42. The zero-order chi connectivity index (χ0) is 15.2. The van der Waals surface area contributed by atoms with E-state index in [4.69, 9.17) is 0 Å². The van der Waals surface area contributed by atoms with Crippen molar-refractivity contribution < 1.29 is 4.79 Å². The Hall–Kier alpha value is -1.86. The fourth-order valence-corrected chi connectivity index (χ4v) is 3.08. The molecule has 21 heavy (non-hydrogen) atoms. The number of carbonyl (C=O) groups is 1. The van der Waals surface area contributed by atoms with Crippen LogP contribution in [0.2, 0.25) is 0 Å². The van der Waals surface area contributed by atoms with E-state index in [-0.39, 0.29) is 5.91 Å². The summed E-state index contributed by atoms with van der Waals surface area (Å²) in [6, 6.07) is 11.9. The molecule has 1 amide bonds. The molecular weight excluding hydrogens is 262 g/mol. The van der Waals surface area contributed by atoms with Crippen molar-refractivity contribution in [2.24, 2.45) is 0 Å². The SMILES string of the molecule is CCN(CC)C1CCN(C(=O)C(C#N)c2ccccc2)C1. The van der Waals surface area contributed by atoms with Gasteiger partial charge in [0.05, 0.1) is 6.07 Å². The van der Waals surface area contributed by atoms with Gasteiger partial charge in [0.15, 0.2) is 0 Å². The molecule has 1 saturated heterocycles. The van der Waals surface area contributed by atoms with E-state index in [9.17, 15) is 10.1 Å². The maximum absolute atomic E-state index is 12.6. The normalized spacial score (nSPS) is 19.5. The number of hydrogen-bond donors (Lipinski definition) is 0. The van der Waals surface area contributed by atoms with Crippen molar-refractivity contribution in [3.63, 3.8) is 0 Å². The molecule has 1 aromatic rings. The molecule has 0 spiro atoms. The lowest BCUT2D eigenvalue weighted by Gasteiger charge is -2.26. The average molecular weight is 285 g/mol. The standard InChI is InChI=1S/C17H23N3O/c1-3-19(4-2)15-10-11-20(13-15)17(21)16(12-18)14-8-6-5-7-9-14/h5-9,15-16H,3-4,10-11,13H2,1-2H3. The van der Waals surface area contributed by atoms with Crippen LogP contribution in [-0.2, 0) is 4.79 Å². The van der Waals surface area contributed by atoms with Gasteiger partial charge in [0, 0.05) is 19.1 Å². The van der Waals surface area contributed by atoms with Gasteiger partial charge < -0.3 is 4.90 Å². The van der Waals surface area contributed by atoms with Gasteiger partial charge in [-0.2, -0.15) is 5.26 Å². The second kappa shape index (κ2) is 7.24. The predicted octanol–water partition coefficient (Wildman–Crippen LogP) is 2.24. The number of benzene rings is 1. The van der Waals surface area contributed by atoms with E-state index in [2.05, 4.69) is 24.8 Å². The van der Waals surface area contributed by atoms with E-state index in [0.29, 0.717) is 6.04 Å². The summed E-state index contributed by atoms with van der Waals surface area (Å²) in [7, 11) is 0. The molecule has 0 aliphatic carbocycles. The highest BCUT2D eigenvalue weighted by atomic mass is 16.2. The van der Waals surface area contributed by atoms with Crippen LogP contribution < -0.4 is 0 Å². The molecule has 2 unspecified atom stereocenters. The van der Waals surface area contributed by atoms with Gasteiger partial charge in [0.1, 0.15) is 5.92 Å². The van der Waals surface area contributed by atoms with Crippen LogP contribution in [0.15, 0.2) is 30.3 Å². The van der Waals surface area contributed by atoms with Gasteiger partial charge >= 0.3 is 0 Å². The molecular formula is C17H23N3O. The lowest BCUT2D eigenvalue weighted by Crippen LogP contribution is -2.39. The first kappa shape index (κ1) is 15.5. The minimum atomic E-state index is -0.679. The van der Waals surface area contributed by atoms with Crippen molar-refractivity contribution in [3.05, 3.63) is 35.9 Å². The summed E-state index contributed by atoms with van der Waals surface area (Å²) in [5, 5.41) is 9.37. The topological polar surface area (TPSA) is 47.3 Å². The van der Waals surface area contributed by atoms with E-state index in [1.165, 1.54) is 0 Å². The highest BCUT2D eigenvalue weighted by Gasteiger charge is 2.33. The molecule has 1 aliphatic rings. The zero-order valence-corrected chi connectivity index (χ0v) is 12.8. The molecule has 4 nitrogen and oxygen atoms in total. The Morgan fingerprint density at radius 3 is 2.62 bits per heavy atom. The van der Waals surface area contributed by atoms with Crippen molar-refractivity contribution in [1.82, 2.24) is 9.80 Å². The monoisotopic (exact) mass is 285 g/mol. The van der Waals surface area contributed by atoms with Crippen LogP contribution in [0, 0.1) is 11.3 Å². The molecule has 0 N–H and O–H groups in total. The maximum atomic E-state index is 12.6. The Balaban J connectivity index is 2.05. The smallest absolute Gasteiger partial charge is 0.244 e. The summed E-state index contributed by atoms with van der Waals surface area (Å²) in [6.45, 7) is 7.80. The number of nitrogens with zero attached hydrogens (tertiary/aromatic N) is 3. The number of likely N-dealkylation sites (N-methyl/N-ethyl adjacent to an activating group) is 1. The fraction of sp³-hybridized carbons (Fsp3) is 0.529. The van der Waals surface area contributed by atoms with E-state index >= 15 is 0 Å². The molecule has 2 atom stereocenters. The number of rotatable bonds is 5. The van der Waals surface area contributed by atoms with E-state index < -0.39 is 5.92 Å². The number of likely N-dealkylation sites (tertiary alicyclic amines) is 1. The Kier molecular flexibility index (Phi) is 5.35. The van der Waals surface area contributed by atoms with Crippen LogP contribution >= 0.6 is 0 Å².